The van der Waals surface area contributed by atoms with Crippen molar-refractivity contribution in [1.29, 1.82) is 0 Å². The molecule has 1 fully saturated rings. The standard InChI is InChI=1S/C22H29N5O.HI/c1-2-23-22(24-15-18-14-17-8-3-4-9-19(17)26-18)25-16-20(21-10-7-13-28-21)27-11-5-6-12-27;/h3-4,7-10,13-14,20,26H,2,5-6,11-12,15-16H2,1H3,(H2,23,24,25);1H. The predicted octanol–water partition coefficient (Wildman–Crippen LogP) is 4.27. The number of hydrogen-bond acceptors (Lipinski definition) is 3. The molecule has 1 aliphatic heterocycles. The van der Waals surface area contributed by atoms with Gasteiger partial charge in [-0.15, -0.1) is 24.0 Å². The Balaban J connectivity index is 0.00000240. The number of benzene rings is 1. The van der Waals surface area contributed by atoms with Crippen molar-refractivity contribution in [2.75, 3.05) is 26.2 Å². The first-order valence-electron chi connectivity index (χ1n) is 10.2. The normalized spacial score (nSPS) is 16.0. The molecule has 6 nitrogen and oxygen atoms in total. The lowest BCUT2D eigenvalue weighted by Gasteiger charge is -2.26. The van der Waals surface area contributed by atoms with Gasteiger partial charge in [-0.2, -0.15) is 0 Å². The molecule has 1 aromatic carbocycles. The van der Waals surface area contributed by atoms with Crippen LogP contribution in [0.15, 0.2) is 58.1 Å². The molecule has 156 valence electrons. The van der Waals surface area contributed by atoms with Gasteiger partial charge in [-0.1, -0.05) is 18.2 Å². The summed E-state index contributed by atoms with van der Waals surface area (Å²) in [4.78, 5) is 10.7. The molecule has 0 bridgehead atoms. The number of nitrogens with zero attached hydrogens (tertiary/aromatic N) is 2. The number of guanidine groups is 1. The van der Waals surface area contributed by atoms with Crippen LogP contribution in [0.4, 0.5) is 0 Å². The molecule has 29 heavy (non-hydrogen) atoms. The molecule has 4 rings (SSSR count). The van der Waals surface area contributed by atoms with Gasteiger partial charge in [-0.05, 0) is 62.5 Å². The number of likely N-dealkylation sites (tertiary alicyclic amines) is 1. The maximum Gasteiger partial charge on any atom is 0.191 e. The Morgan fingerprint density at radius 1 is 1.17 bits per heavy atom. The van der Waals surface area contributed by atoms with Gasteiger partial charge >= 0.3 is 0 Å². The van der Waals surface area contributed by atoms with Crippen LogP contribution in [-0.4, -0.2) is 42.0 Å². The van der Waals surface area contributed by atoms with E-state index in [1.54, 1.807) is 6.26 Å². The fourth-order valence-electron chi connectivity index (χ4n) is 3.86. The van der Waals surface area contributed by atoms with Gasteiger partial charge in [0.1, 0.15) is 5.76 Å². The Kier molecular flexibility index (Phi) is 8.00. The fraction of sp³-hybridized carbons (Fsp3) is 0.409. The number of para-hydroxylation sites is 1. The number of furan rings is 1. The SMILES string of the molecule is CCNC(=NCc1cc2ccccc2[nH]1)NCC(c1ccco1)N1CCCC1.I. The van der Waals surface area contributed by atoms with E-state index in [1.807, 2.05) is 12.1 Å². The second-order valence-corrected chi connectivity index (χ2v) is 7.23. The minimum Gasteiger partial charge on any atom is -0.468 e. The summed E-state index contributed by atoms with van der Waals surface area (Å²) in [7, 11) is 0. The van der Waals surface area contributed by atoms with E-state index >= 15 is 0 Å². The quantitative estimate of drug-likeness (QED) is 0.254. The highest BCUT2D eigenvalue weighted by molar-refractivity contribution is 14.0. The molecule has 0 aliphatic carbocycles. The highest BCUT2D eigenvalue weighted by atomic mass is 127. The first-order chi connectivity index (χ1) is 13.8. The van der Waals surface area contributed by atoms with E-state index in [4.69, 9.17) is 9.41 Å². The smallest absolute Gasteiger partial charge is 0.191 e. The summed E-state index contributed by atoms with van der Waals surface area (Å²) in [6, 6.07) is 14.7. The Morgan fingerprint density at radius 2 is 2.00 bits per heavy atom. The van der Waals surface area contributed by atoms with Gasteiger partial charge in [0.05, 0.1) is 18.8 Å². The van der Waals surface area contributed by atoms with Gasteiger partial charge in [0.2, 0.25) is 0 Å². The molecule has 2 aromatic heterocycles. The van der Waals surface area contributed by atoms with Crippen LogP contribution in [-0.2, 0) is 6.54 Å². The third-order valence-electron chi connectivity index (χ3n) is 5.25. The van der Waals surface area contributed by atoms with Gasteiger partial charge in [0, 0.05) is 24.3 Å². The van der Waals surface area contributed by atoms with Crippen LogP contribution in [0, 0.1) is 0 Å². The largest absolute Gasteiger partial charge is 0.468 e. The Labute approximate surface area is 189 Å². The van der Waals surface area contributed by atoms with E-state index in [2.05, 4.69) is 57.8 Å². The van der Waals surface area contributed by atoms with Crippen molar-refractivity contribution >= 4 is 40.8 Å². The summed E-state index contributed by atoms with van der Waals surface area (Å²) in [6.45, 7) is 6.54. The maximum absolute atomic E-state index is 5.72. The van der Waals surface area contributed by atoms with E-state index in [0.717, 1.165) is 49.1 Å². The van der Waals surface area contributed by atoms with Gasteiger partial charge in [0.25, 0.3) is 0 Å². The molecule has 0 radical (unpaired) electrons. The Bertz CT molecular complexity index is 866. The summed E-state index contributed by atoms with van der Waals surface area (Å²) in [6.07, 6.45) is 4.27. The van der Waals surface area contributed by atoms with Crippen molar-refractivity contribution in [3.63, 3.8) is 0 Å². The average Bonchev–Trinajstić information content (AvgIpc) is 3.47. The Morgan fingerprint density at radius 3 is 2.72 bits per heavy atom. The van der Waals surface area contributed by atoms with Crippen molar-refractivity contribution in [2.45, 2.75) is 32.4 Å². The summed E-state index contributed by atoms with van der Waals surface area (Å²) < 4.78 is 5.72. The summed E-state index contributed by atoms with van der Waals surface area (Å²) in [5, 5.41) is 8.09. The van der Waals surface area contributed by atoms with E-state index in [9.17, 15) is 0 Å². The molecule has 3 N–H and O–H groups in total. The van der Waals surface area contributed by atoms with Crippen LogP contribution in [0.1, 0.15) is 37.3 Å². The fourth-order valence-corrected chi connectivity index (χ4v) is 3.86. The van der Waals surface area contributed by atoms with Crippen LogP contribution in [0.3, 0.4) is 0 Å². The molecule has 7 heteroatoms. The molecular weight excluding hydrogens is 477 g/mol. The molecule has 3 aromatic rings. The highest BCUT2D eigenvalue weighted by Crippen LogP contribution is 2.24. The lowest BCUT2D eigenvalue weighted by molar-refractivity contribution is 0.215. The number of nitrogens with one attached hydrogen (secondary N) is 3. The van der Waals surface area contributed by atoms with Gasteiger partial charge in [0.15, 0.2) is 5.96 Å². The molecule has 0 spiro atoms. The van der Waals surface area contributed by atoms with Crippen LogP contribution in [0.25, 0.3) is 10.9 Å². The third kappa shape index (κ3) is 5.54. The number of hydrogen-bond donors (Lipinski definition) is 3. The van der Waals surface area contributed by atoms with Gasteiger partial charge < -0.3 is 20.0 Å². The number of fused-ring (bicyclic) bond motifs is 1. The molecule has 3 heterocycles. The van der Waals surface area contributed by atoms with Crippen LogP contribution in [0.5, 0.6) is 0 Å². The zero-order valence-corrected chi connectivity index (χ0v) is 19.2. The van der Waals surface area contributed by atoms with Gasteiger partial charge in [-0.3, -0.25) is 4.90 Å². The van der Waals surface area contributed by atoms with E-state index < -0.39 is 0 Å². The second kappa shape index (κ2) is 10.7. The highest BCUT2D eigenvalue weighted by Gasteiger charge is 2.25. The van der Waals surface area contributed by atoms with E-state index in [-0.39, 0.29) is 30.0 Å². The van der Waals surface area contributed by atoms with Crippen molar-refractivity contribution in [1.82, 2.24) is 20.5 Å². The van der Waals surface area contributed by atoms with Crippen molar-refractivity contribution < 1.29 is 4.42 Å². The molecule has 1 aliphatic rings. The van der Waals surface area contributed by atoms with Crippen molar-refractivity contribution in [2.24, 2.45) is 4.99 Å². The van der Waals surface area contributed by atoms with Crippen LogP contribution in [0.2, 0.25) is 0 Å². The lowest BCUT2D eigenvalue weighted by atomic mass is 10.2. The number of aromatic nitrogens is 1. The maximum atomic E-state index is 5.72. The minimum absolute atomic E-state index is 0. The number of rotatable bonds is 7. The second-order valence-electron chi connectivity index (χ2n) is 7.23. The summed E-state index contributed by atoms with van der Waals surface area (Å²) in [5.74, 6) is 1.85. The summed E-state index contributed by atoms with van der Waals surface area (Å²) in [5.41, 5.74) is 2.26. The predicted molar refractivity (Wildman–Crippen MR) is 129 cm³/mol. The topological polar surface area (TPSA) is 68.6 Å². The van der Waals surface area contributed by atoms with E-state index in [0.29, 0.717) is 6.54 Å². The molecule has 0 amide bonds. The number of halogens is 1. The van der Waals surface area contributed by atoms with Crippen molar-refractivity contribution in [3.05, 3.63) is 60.2 Å². The molecule has 0 saturated carbocycles. The van der Waals surface area contributed by atoms with Crippen LogP contribution < -0.4 is 10.6 Å². The lowest BCUT2D eigenvalue weighted by Crippen LogP contribution is -2.42. The first kappa shape index (κ1) is 21.7. The zero-order chi connectivity index (χ0) is 19.2. The van der Waals surface area contributed by atoms with Crippen molar-refractivity contribution in [3.8, 4) is 0 Å². The monoisotopic (exact) mass is 507 g/mol. The summed E-state index contributed by atoms with van der Waals surface area (Å²) >= 11 is 0. The minimum atomic E-state index is 0. The number of aromatic amines is 1. The molecule has 1 unspecified atom stereocenters. The third-order valence-corrected chi connectivity index (χ3v) is 5.25. The first-order valence-corrected chi connectivity index (χ1v) is 10.2. The zero-order valence-electron chi connectivity index (χ0n) is 16.9. The van der Waals surface area contributed by atoms with Gasteiger partial charge in [-0.25, -0.2) is 4.99 Å². The van der Waals surface area contributed by atoms with Crippen LogP contribution >= 0.6 is 24.0 Å². The number of aliphatic imine (C=N–C) groups is 1. The molecule has 1 atom stereocenters. The Hall–Kier alpha value is -2.00. The molecular formula is C22H30IN5O. The van der Waals surface area contributed by atoms with E-state index in [1.165, 1.54) is 18.2 Å². The number of H-pyrrole nitrogens is 1. The average molecular weight is 507 g/mol. The molecule has 1 saturated heterocycles.